The summed E-state index contributed by atoms with van der Waals surface area (Å²) in [6.45, 7) is 1.58. The number of rotatable bonds is 4. The van der Waals surface area contributed by atoms with Gasteiger partial charge in [0.2, 0.25) is 0 Å². The summed E-state index contributed by atoms with van der Waals surface area (Å²) in [6, 6.07) is 9.66. The van der Waals surface area contributed by atoms with Gasteiger partial charge in [-0.3, -0.25) is 4.79 Å². The molecule has 2 aromatic carbocycles. The highest BCUT2D eigenvalue weighted by Crippen LogP contribution is 2.37. The Bertz CT molecular complexity index is 1180. The van der Waals surface area contributed by atoms with Crippen LogP contribution in [-0.4, -0.2) is 48.6 Å². The van der Waals surface area contributed by atoms with E-state index in [4.69, 9.17) is 0 Å². The highest BCUT2D eigenvalue weighted by molar-refractivity contribution is 7.22. The summed E-state index contributed by atoms with van der Waals surface area (Å²) in [4.78, 5) is 21.0. The minimum absolute atomic E-state index is 0.0363. The van der Waals surface area contributed by atoms with Crippen LogP contribution in [0.4, 0.5) is 29.7 Å². The number of alkyl halides is 3. The molecule has 32 heavy (non-hydrogen) atoms. The maximum Gasteiger partial charge on any atom is 0.573 e. The molecule has 0 spiro atoms. The first-order valence-electron chi connectivity index (χ1n) is 10.1. The maximum absolute atomic E-state index is 12.7. The van der Waals surface area contributed by atoms with Gasteiger partial charge >= 0.3 is 6.36 Å². The van der Waals surface area contributed by atoms with Gasteiger partial charge < -0.3 is 25.2 Å². The molecular formula is C21H20F3N5O2S. The molecule has 7 nitrogen and oxygen atoms in total. The second-order valence-electron chi connectivity index (χ2n) is 7.73. The summed E-state index contributed by atoms with van der Waals surface area (Å²) >= 11 is 1.23. The molecule has 2 N–H and O–H groups in total. The summed E-state index contributed by atoms with van der Waals surface area (Å²) in [6.07, 6.45) is -2.99. The third-order valence-corrected chi connectivity index (χ3v) is 6.50. The van der Waals surface area contributed by atoms with Gasteiger partial charge in [-0.1, -0.05) is 11.3 Å². The molecule has 1 aromatic heterocycles. The number of fused-ring (bicyclic) bond motifs is 2. The first-order chi connectivity index (χ1) is 15.3. The van der Waals surface area contributed by atoms with Crippen LogP contribution in [0.3, 0.4) is 0 Å². The van der Waals surface area contributed by atoms with Crippen molar-refractivity contribution in [2.45, 2.75) is 25.5 Å². The van der Waals surface area contributed by atoms with Crippen molar-refractivity contribution >= 4 is 44.0 Å². The van der Waals surface area contributed by atoms with Crippen LogP contribution in [0.2, 0.25) is 0 Å². The topological polar surface area (TPSA) is 69.7 Å². The van der Waals surface area contributed by atoms with Crippen LogP contribution < -0.4 is 20.3 Å². The van der Waals surface area contributed by atoms with Crippen molar-refractivity contribution in [1.82, 2.24) is 9.88 Å². The summed E-state index contributed by atoms with van der Waals surface area (Å²) in [5.41, 5.74) is 2.98. The molecule has 5 rings (SSSR count). The molecule has 0 bridgehead atoms. The van der Waals surface area contributed by atoms with Gasteiger partial charge in [0.15, 0.2) is 11.4 Å². The lowest BCUT2D eigenvalue weighted by Crippen LogP contribution is -2.39. The lowest BCUT2D eigenvalue weighted by molar-refractivity contribution is -0.274. The van der Waals surface area contributed by atoms with E-state index in [-0.39, 0.29) is 17.9 Å². The zero-order chi connectivity index (χ0) is 22.5. The second kappa shape index (κ2) is 7.73. The number of carbonyl (C=O) groups excluding carboxylic acids is 1. The molecule has 1 amide bonds. The number of ether oxygens (including phenoxy) is 1. The Labute approximate surface area is 185 Å². The minimum Gasteiger partial charge on any atom is -0.406 e. The third kappa shape index (κ3) is 3.99. The first-order valence-corrected chi connectivity index (χ1v) is 10.9. The number of hydrogen-bond donors (Lipinski definition) is 2. The van der Waals surface area contributed by atoms with Crippen molar-refractivity contribution in [2.75, 3.05) is 35.7 Å². The Morgan fingerprint density at radius 3 is 2.75 bits per heavy atom. The van der Waals surface area contributed by atoms with Gasteiger partial charge in [-0.25, -0.2) is 4.98 Å². The maximum atomic E-state index is 12.7. The van der Waals surface area contributed by atoms with Crippen molar-refractivity contribution in [3.63, 3.8) is 0 Å². The first kappa shape index (κ1) is 20.7. The number of amides is 1. The van der Waals surface area contributed by atoms with E-state index in [1.54, 1.807) is 0 Å². The molecular weight excluding hydrogens is 443 g/mol. The summed E-state index contributed by atoms with van der Waals surface area (Å²) in [5, 5.41) is 7.16. The van der Waals surface area contributed by atoms with E-state index in [2.05, 4.69) is 20.4 Å². The number of benzene rings is 2. The molecule has 0 aliphatic carbocycles. The van der Waals surface area contributed by atoms with E-state index in [1.165, 1.54) is 29.5 Å². The van der Waals surface area contributed by atoms with E-state index < -0.39 is 6.36 Å². The predicted octanol–water partition coefficient (Wildman–Crippen LogP) is 4.69. The minimum atomic E-state index is -4.74. The van der Waals surface area contributed by atoms with Gasteiger partial charge in [0, 0.05) is 31.8 Å². The fraction of sp³-hybridized carbons (Fsp3) is 0.333. The number of hydrogen-bond acceptors (Lipinski definition) is 7. The van der Waals surface area contributed by atoms with Gasteiger partial charge in [-0.15, -0.1) is 13.2 Å². The highest BCUT2D eigenvalue weighted by Gasteiger charge is 2.31. The number of nitrogens with zero attached hydrogens (tertiary/aromatic N) is 3. The lowest BCUT2D eigenvalue weighted by Gasteiger charge is -2.22. The molecule has 0 radical (unpaired) electrons. The Hall–Kier alpha value is -3.21. The molecule has 0 saturated carbocycles. The number of halogens is 3. The van der Waals surface area contributed by atoms with Gasteiger partial charge in [0.1, 0.15) is 5.75 Å². The third-order valence-electron chi connectivity index (χ3n) is 5.55. The number of carbonyl (C=O) groups is 1. The van der Waals surface area contributed by atoms with Gasteiger partial charge in [0.25, 0.3) is 5.91 Å². The molecule has 1 unspecified atom stereocenters. The van der Waals surface area contributed by atoms with Crippen molar-refractivity contribution in [2.24, 2.45) is 0 Å². The fourth-order valence-electron chi connectivity index (χ4n) is 3.99. The number of likely N-dealkylation sites (tertiary alicyclic amines) is 1. The van der Waals surface area contributed by atoms with Crippen LogP contribution in [0.25, 0.3) is 10.2 Å². The van der Waals surface area contributed by atoms with Gasteiger partial charge in [-0.2, -0.15) is 0 Å². The van der Waals surface area contributed by atoms with Crippen molar-refractivity contribution < 1.29 is 22.7 Å². The van der Waals surface area contributed by atoms with E-state index in [9.17, 15) is 18.0 Å². The zero-order valence-corrected chi connectivity index (χ0v) is 17.9. The standard InChI is InChI=1S/C21H20F3N5O2S/c1-28-16-7-4-12(18(30)29-8-2-3-9-29)10-15(16)25-19(28)27-20-26-14-6-5-13(11-17(14)32-20)31-21(22,23)24/h4-7,10-11,19,25H,2-3,8-9H2,1H3,(H,26,27). The molecule has 1 fully saturated rings. The average molecular weight is 463 g/mol. The molecule has 2 aliphatic rings. The monoisotopic (exact) mass is 463 g/mol. The van der Waals surface area contributed by atoms with Crippen molar-refractivity contribution in [3.8, 4) is 5.75 Å². The Balaban J connectivity index is 1.32. The van der Waals surface area contributed by atoms with Crippen molar-refractivity contribution in [1.29, 1.82) is 0 Å². The normalized spacial score (nSPS) is 18.1. The lowest BCUT2D eigenvalue weighted by atomic mass is 10.1. The largest absolute Gasteiger partial charge is 0.573 e. The van der Waals surface area contributed by atoms with Crippen molar-refractivity contribution in [3.05, 3.63) is 42.0 Å². The molecule has 3 aromatic rings. The number of nitrogens with one attached hydrogen (secondary N) is 2. The molecule has 1 saturated heterocycles. The fourth-order valence-corrected chi connectivity index (χ4v) is 4.91. The second-order valence-corrected chi connectivity index (χ2v) is 8.76. The average Bonchev–Trinajstić information content (AvgIpc) is 3.46. The highest BCUT2D eigenvalue weighted by atomic mass is 32.1. The quantitative estimate of drug-likeness (QED) is 0.585. The molecule has 2 aliphatic heterocycles. The van der Waals surface area contributed by atoms with E-state index in [0.29, 0.717) is 20.9 Å². The van der Waals surface area contributed by atoms with Gasteiger partial charge in [-0.05, 0) is 43.2 Å². The van der Waals surface area contributed by atoms with Crippen LogP contribution in [0, 0.1) is 0 Å². The predicted molar refractivity (Wildman–Crippen MR) is 117 cm³/mol. The van der Waals surface area contributed by atoms with Gasteiger partial charge in [0.05, 0.1) is 21.6 Å². The van der Waals surface area contributed by atoms with Crippen LogP contribution in [0.5, 0.6) is 5.75 Å². The molecule has 11 heteroatoms. The molecule has 1 atom stereocenters. The number of thiazole rings is 1. The van der Waals surface area contributed by atoms with E-state index in [1.807, 2.05) is 35.0 Å². The Morgan fingerprint density at radius 1 is 1.22 bits per heavy atom. The Kier molecular flexibility index (Phi) is 5.00. The summed E-state index contributed by atoms with van der Waals surface area (Å²) < 4.78 is 42.0. The summed E-state index contributed by atoms with van der Waals surface area (Å²) in [5.74, 6) is -0.242. The van der Waals surface area contributed by atoms with Crippen LogP contribution >= 0.6 is 11.3 Å². The van der Waals surface area contributed by atoms with Crippen LogP contribution in [-0.2, 0) is 0 Å². The van der Waals surface area contributed by atoms with Crippen LogP contribution in [0.15, 0.2) is 36.4 Å². The smallest absolute Gasteiger partial charge is 0.406 e. The van der Waals surface area contributed by atoms with E-state index >= 15 is 0 Å². The van der Waals surface area contributed by atoms with Crippen LogP contribution in [0.1, 0.15) is 23.2 Å². The Morgan fingerprint density at radius 2 is 2.00 bits per heavy atom. The molecule has 3 heterocycles. The number of aromatic nitrogens is 1. The number of anilines is 3. The summed E-state index contributed by atoms with van der Waals surface area (Å²) in [7, 11) is 1.90. The SMILES string of the molecule is CN1c2ccc(C(=O)N3CCCC3)cc2NC1Nc1nc2ccc(OC(F)(F)F)cc2s1. The zero-order valence-electron chi connectivity index (χ0n) is 17.1. The van der Waals surface area contributed by atoms with E-state index in [0.717, 1.165) is 37.3 Å². The molecule has 168 valence electrons.